The summed E-state index contributed by atoms with van der Waals surface area (Å²) in [6.45, 7) is 7.03. The molecule has 2 heterocycles. The van der Waals surface area contributed by atoms with Crippen LogP contribution in [0.2, 0.25) is 0 Å². The summed E-state index contributed by atoms with van der Waals surface area (Å²) < 4.78 is 0. The molecule has 0 aromatic carbocycles. The van der Waals surface area contributed by atoms with Crippen molar-refractivity contribution in [2.45, 2.75) is 32.4 Å². The summed E-state index contributed by atoms with van der Waals surface area (Å²) in [6.07, 6.45) is 3.90. The van der Waals surface area contributed by atoms with E-state index in [1.165, 1.54) is 4.88 Å². The molecule has 112 valence electrons. The number of amidine groups is 1. The fourth-order valence-electron chi connectivity index (χ4n) is 2.63. The van der Waals surface area contributed by atoms with Crippen molar-refractivity contribution in [1.29, 1.82) is 0 Å². The zero-order valence-electron chi connectivity index (χ0n) is 11.9. The zero-order valence-corrected chi connectivity index (χ0v) is 12.7. The smallest absolute Gasteiger partial charge is 0.156 e. The molecule has 0 radical (unpaired) electrons. The van der Waals surface area contributed by atoms with Crippen LogP contribution in [0.4, 0.5) is 0 Å². The molecular weight excluding hydrogens is 274 g/mol. The molecule has 0 spiro atoms. The van der Waals surface area contributed by atoms with Gasteiger partial charge in [0.2, 0.25) is 0 Å². The Kier molecular flexibility index (Phi) is 5.75. The third-order valence-electron chi connectivity index (χ3n) is 3.73. The van der Waals surface area contributed by atoms with Crippen LogP contribution in [-0.2, 0) is 6.54 Å². The molecule has 1 atom stereocenters. The van der Waals surface area contributed by atoms with Gasteiger partial charge in [-0.3, -0.25) is 14.8 Å². The average molecular weight is 297 g/mol. The van der Waals surface area contributed by atoms with Crippen molar-refractivity contribution >= 4 is 17.2 Å². The number of piperazine rings is 1. The second-order valence-corrected chi connectivity index (χ2v) is 6.08. The van der Waals surface area contributed by atoms with Gasteiger partial charge in [0.25, 0.3) is 0 Å². The molecule has 7 heteroatoms. The van der Waals surface area contributed by atoms with Gasteiger partial charge in [-0.25, -0.2) is 0 Å². The first-order chi connectivity index (χ1) is 9.74. The van der Waals surface area contributed by atoms with E-state index in [4.69, 9.17) is 10.9 Å². The minimum absolute atomic E-state index is 0.0653. The van der Waals surface area contributed by atoms with Crippen LogP contribution in [0.25, 0.3) is 0 Å². The summed E-state index contributed by atoms with van der Waals surface area (Å²) in [7, 11) is 0. The van der Waals surface area contributed by atoms with Crippen LogP contribution in [0.5, 0.6) is 0 Å². The Labute approximate surface area is 123 Å². The monoisotopic (exact) mass is 297 g/mol. The summed E-state index contributed by atoms with van der Waals surface area (Å²) in [5.41, 5.74) is 7.69. The van der Waals surface area contributed by atoms with Gasteiger partial charge in [0.1, 0.15) is 0 Å². The van der Waals surface area contributed by atoms with Crippen molar-refractivity contribution in [2.75, 3.05) is 26.2 Å². The van der Waals surface area contributed by atoms with Gasteiger partial charge in [-0.15, -0.1) is 11.3 Å². The van der Waals surface area contributed by atoms with Gasteiger partial charge in [0, 0.05) is 43.8 Å². The highest BCUT2D eigenvalue weighted by Gasteiger charge is 2.26. The summed E-state index contributed by atoms with van der Waals surface area (Å²) in [6, 6.07) is 0.0653. The van der Waals surface area contributed by atoms with Gasteiger partial charge in [-0.2, -0.15) is 0 Å². The van der Waals surface area contributed by atoms with Crippen LogP contribution in [-0.4, -0.2) is 58.0 Å². The molecular formula is C13H23N5OS. The maximum atomic E-state index is 8.91. The number of nitrogens with two attached hydrogens (primary N) is 1. The first-order valence-corrected chi connectivity index (χ1v) is 7.93. The van der Waals surface area contributed by atoms with Crippen LogP contribution in [0.15, 0.2) is 16.9 Å². The van der Waals surface area contributed by atoms with Crippen molar-refractivity contribution in [3.63, 3.8) is 0 Å². The molecule has 1 fully saturated rings. The Morgan fingerprint density at radius 3 is 2.80 bits per heavy atom. The van der Waals surface area contributed by atoms with Gasteiger partial charge in [-0.05, 0) is 6.42 Å². The van der Waals surface area contributed by atoms with Crippen molar-refractivity contribution in [1.82, 2.24) is 14.8 Å². The molecule has 1 unspecified atom stereocenters. The Balaban J connectivity index is 1.86. The molecule has 1 aliphatic heterocycles. The Hall–Kier alpha value is -1.18. The lowest BCUT2D eigenvalue weighted by atomic mass is 10.1. The lowest BCUT2D eigenvalue weighted by Crippen LogP contribution is -2.53. The first-order valence-electron chi connectivity index (χ1n) is 7.05. The zero-order chi connectivity index (χ0) is 14.4. The normalized spacial score (nSPS) is 20.1. The molecule has 1 aromatic rings. The highest BCUT2D eigenvalue weighted by atomic mass is 32.1. The molecule has 1 saturated heterocycles. The van der Waals surface area contributed by atoms with E-state index in [9.17, 15) is 0 Å². The lowest BCUT2D eigenvalue weighted by Gasteiger charge is -2.38. The maximum Gasteiger partial charge on any atom is 0.156 e. The Bertz CT molecular complexity index is 414. The van der Waals surface area contributed by atoms with E-state index in [2.05, 4.69) is 26.9 Å². The quantitative estimate of drug-likeness (QED) is 0.357. The molecule has 1 aliphatic rings. The Morgan fingerprint density at radius 1 is 1.50 bits per heavy atom. The molecule has 2 rings (SSSR count). The fourth-order valence-corrected chi connectivity index (χ4v) is 3.27. The van der Waals surface area contributed by atoms with E-state index in [0.29, 0.717) is 5.84 Å². The third-order valence-corrected chi connectivity index (χ3v) is 4.49. The maximum absolute atomic E-state index is 8.91. The SMILES string of the molecule is CCCC(C(N)=NO)N1CCN(Cc2cncs2)CC1. The lowest BCUT2D eigenvalue weighted by molar-refractivity contribution is 0.108. The molecule has 3 N–H and O–H groups in total. The van der Waals surface area contributed by atoms with E-state index >= 15 is 0 Å². The van der Waals surface area contributed by atoms with E-state index in [-0.39, 0.29) is 6.04 Å². The van der Waals surface area contributed by atoms with Crippen molar-refractivity contribution in [2.24, 2.45) is 10.9 Å². The van der Waals surface area contributed by atoms with Crippen LogP contribution in [0.1, 0.15) is 24.6 Å². The molecule has 0 saturated carbocycles. The second kappa shape index (κ2) is 7.56. The number of hydrogen-bond donors (Lipinski definition) is 2. The standard InChI is InChI=1S/C13H23N5OS/c1-2-3-12(13(14)16-19)18-6-4-17(5-7-18)9-11-8-15-10-20-11/h8,10,12,19H,2-7,9H2,1H3,(H2,14,16). The van der Waals surface area contributed by atoms with Gasteiger partial charge >= 0.3 is 0 Å². The van der Waals surface area contributed by atoms with Gasteiger partial charge in [0.05, 0.1) is 11.6 Å². The molecule has 0 bridgehead atoms. The molecule has 1 aromatic heterocycles. The van der Waals surface area contributed by atoms with Crippen molar-refractivity contribution in [3.8, 4) is 0 Å². The summed E-state index contributed by atoms with van der Waals surface area (Å²) in [5, 5.41) is 12.1. The highest BCUT2D eigenvalue weighted by Crippen LogP contribution is 2.15. The summed E-state index contributed by atoms with van der Waals surface area (Å²) >= 11 is 1.70. The number of aromatic nitrogens is 1. The van der Waals surface area contributed by atoms with Crippen molar-refractivity contribution < 1.29 is 5.21 Å². The highest BCUT2D eigenvalue weighted by molar-refractivity contribution is 7.09. The van der Waals surface area contributed by atoms with Crippen LogP contribution in [0.3, 0.4) is 0 Å². The van der Waals surface area contributed by atoms with Gasteiger partial charge in [0.15, 0.2) is 5.84 Å². The number of rotatable bonds is 6. The van der Waals surface area contributed by atoms with Crippen LogP contribution < -0.4 is 5.73 Å². The molecule has 0 aliphatic carbocycles. The summed E-state index contributed by atoms with van der Waals surface area (Å²) in [4.78, 5) is 10.2. The van der Waals surface area contributed by atoms with E-state index in [0.717, 1.165) is 45.6 Å². The van der Waals surface area contributed by atoms with E-state index in [1.54, 1.807) is 11.3 Å². The summed E-state index contributed by atoms with van der Waals surface area (Å²) in [5.74, 6) is 0.336. The van der Waals surface area contributed by atoms with E-state index < -0.39 is 0 Å². The fraction of sp³-hybridized carbons (Fsp3) is 0.692. The van der Waals surface area contributed by atoms with Gasteiger partial charge in [-0.1, -0.05) is 18.5 Å². The Morgan fingerprint density at radius 2 is 2.25 bits per heavy atom. The minimum atomic E-state index is 0.0653. The molecule has 0 amide bonds. The van der Waals surface area contributed by atoms with Gasteiger partial charge < -0.3 is 10.9 Å². The largest absolute Gasteiger partial charge is 0.409 e. The second-order valence-electron chi connectivity index (χ2n) is 5.11. The number of thiazole rings is 1. The number of hydrogen-bond acceptors (Lipinski definition) is 6. The number of oxime groups is 1. The average Bonchev–Trinajstić information content (AvgIpc) is 2.98. The topological polar surface area (TPSA) is 78.0 Å². The van der Waals surface area contributed by atoms with E-state index in [1.807, 2.05) is 11.7 Å². The van der Waals surface area contributed by atoms with Crippen LogP contribution >= 0.6 is 11.3 Å². The van der Waals surface area contributed by atoms with Crippen LogP contribution in [0, 0.1) is 0 Å². The predicted octanol–water partition coefficient (Wildman–Crippen LogP) is 1.18. The first kappa shape index (κ1) is 15.2. The van der Waals surface area contributed by atoms with Crippen molar-refractivity contribution in [3.05, 3.63) is 16.6 Å². The molecule has 6 nitrogen and oxygen atoms in total. The molecule has 20 heavy (non-hydrogen) atoms. The third kappa shape index (κ3) is 3.91. The minimum Gasteiger partial charge on any atom is -0.409 e. The number of nitrogens with zero attached hydrogens (tertiary/aromatic N) is 4. The predicted molar refractivity (Wildman–Crippen MR) is 81.1 cm³/mol.